The first kappa shape index (κ1) is 19.9. The van der Waals surface area contributed by atoms with E-state index >= 15 is 0 Å². The molecule has 2 amide bonds. The summed E-state index contributed by atoms with van der Waals surface area (Å²) in [4.78, 5) is 28.2. The van der Waals surface area contributed by atoms with Gasteiger partial charge in [0.05, 0.1) is 0 Å². The van der Waals surface area contributed by atoms with Gasteiger partial charge >= 0.3 is 0 Å². The van der Waals surface area contributed by atoms with Crippen molar-refractivity contribution < 1.29 is 14.3 Å². The van der Waals surface area contributed by atoms with Crippen LogP contribution in [0.3, 0.4) is 0 Å². The van der Waals surface area contributed by atoms with Gasteiger partial charge in [-0.05, 0) is 29.2 Å². The van der Waals surface area contributed by atoms with Gasteiger partial charge in [0.15, 0.2) is 6.61 Å². The van der Waals surface area contributed by atoms with Crippen LogP contribution in [0.15, 0.2) is 54.6 Å². The molecule has 0 saturated carbocycles. The van der Waals surface area contributed by atoms with E-state index in [1.807, 2.05) is 61.2 Å². The largest absolute Gasteiger partial charge is 0.484 e. The fourth-order valence-corrected chi connectivity index (χ4v) is 3.29. The summed E-state index contributed by atoms with van der Waals surface area (Å²) in [5, 5.41) is 0. The summed E-state index contributed by atoms with van der Waals surface area (Å²) in [6.45, 7) is 6.44. The average molecular weight is 380 g/mol. The molecule has 0 radical (unpaired) electrons. The first-order chi connectivity index (χ1) is 13.5. The van der Waals surface area contributed by atoms with E-state index < -0.39 is 0 Å². The zero-order valence-corrected chi connectivity index (χ0v) is 16.6. The van der Waals surface area contributed by atoms with E-state index in [-0.39, 0.29) is 18.4 Å². The van der Waals surface area contributed by atoms with E-state index in [2.05, 4.69) is 12.1 Å². The molecule has 3 rings (SSSR count). The van der Waals surface area contributed by atoms with Gasteiger partial charge in [-0.1, -0.05) is 56.3 Å². The molecule has 0 aliphatic carbocycles. The quantitative estimate of drug-likeness (QED) is 0.771. The zero-order chi connectivity index (χ0) is 19.9. The summed E-state index contributed by atoms with van der Waals surface area (Å²) in [6, 6.07) is 17.9. The van der Waals surface area contributed by atoms with Crippen LogP contribution < -0.4 is 4.74 Å². The van der Waals surface area contributed by atoms with E-state index in [1.165, 1.54) is 0 Å². The summed E-state index contributed by atoms with van der Waals surface area (Å²) < 4.78 is 5.67. The molecule has 0 N–H and O–H groups in total. The van der Waals surface area contributed by atoms with Crippen LogP contribution in [0.5, 0.6) is 5.75 Å². The van der Waals surface area contributed by atoms with Crippen molar-refractivity contribution in [2.24, 2.45) is 5.92 Å². The maximum atomic E-state index is 12.4. The molecule has 0 bridgehead atoms. The highest BCUT2D eigenvalue weighted by atomic mass is 16.5. The van der Waals surface area contributed by atoms with Gasteiger partial charge in [0.2, 0.25) is 5.91 Å². The summed E-state index contributed by atoms with van der Waals surface area (Å²) in [5.74, 6) is 1.17. The Bertz CT molecular complexity index is 779. The average Bonchev–Trinajstić information content (AvgIpc) is 2.72. The molecule has 0 atom stereocenters. The van der Waals surface area contributed by atoms with Crippen LogP contribution in [0.1, 0.15) is 20.3 Å². The summed E-state index contributed by atoms with van der Waals surface area (Å²) in [7, 11) is 0. The van der Waals surface area contributed by atoms with Crippen LogP contribution >= 0.6 is 0 Å². The topological polar surface area (TPSA) is 49.9 Å². The minimum Gasteiger partial charge on any atom is -0.484 e. The number of piperazine rings is 1. The fraction of sp³-hybridized carbons (Fsp3) is 0.391. The predicted molar refractivity (Wildman–Crippen MR) is 110 cm³/mol. The lowest BCUT2D eigenvalue weighted by atomic mass is 10.1. The molecule has 1 aliphatic heterocycles. The summed E-state index contributed by atoms with van der Waals surface area (Å²) >= 11 is 0. The van der Waals surface area contributed by atoms with Crippen molar-refractivity contribution >= 4 is 11.8 Å². The van der Waals surface area contributed by atoms with Gasteiger partial charge in [-0.15, -0.1) is 0 Å². The second-order valence-electron chi connectivity index (χ2n) is 7.54. The van der Waals surface area contributed by atoms with E-state index in [9.17, 15) is 9.59 Å². The second kappa shape index (κ2) is 9.40. The Morgan fingerprint density at radius 3 is 1.93 bits per heavy atom. The van der Waals surface area contributed by atoms with Gasteiger partial charge in [0.25, 0.3) is 5.91 Å². The third-order valence-corrected chi connectivity index (χ3v) is 4.89. The molecule has 1 fully saturated rings. The summed E-state index contributed by atoms with van der Waals surface area (Å²) in [6.07, 6.45) is 0.566. The molecular weight excluding hydrogens is 352 g/mol. The first-order valence-corrected chi connectivity index (χ1v) is 9.87. The highest BCUT2D eigenvalue weighted by molar-refractivity contribution is 5.79. The Morgan fingerprint density at radius 1 is 0.821 bits per heavy atom. The lowest BCUT2D eigenvalue weighted by molar-refractivity contribution is -0.141. The van der Waals surface area contributed by atoms with Crippen molar-refractivity contribution in [3.8, 4) is 16.9 Å². The number of hydrogen-bond acceptors (Lipinski definition) is 3. The Kier molecular flexibility index (Phi) is 6.69. The van der Waals surface area contributed by atoms with Crippen molar-refractivity contribution in [2.75, 3.05) is 32.8 Å². The number of carbonyl (C=O) groups excluding carboxylic acids is 2. The molecule has 0 spiro atoms. The van der Waals surface area contributed by atoms with Gasteiger partial charge in [-0.3, -0.25) is 9.59 Å². The van der Waals surface area contributed by atoms with E-state index in [0.717, 1.165) is 11.1 Å². The molecule has 2 aromatic carbocycles. The highest BCUT2D eigenvalue weighted by Gasteiger charge is 2.24. The Balaban J connectivity index is 1.45. The smallest absolute Gasteiger partial charge is 0.260 e. The summed E-state index contributed by atoms with van der Waals surface area (Å²) in [5.41, 5.74) is 2.26. The molecule has 148 valence electrons. The molecule has 5 heteroatoms. The molecule has 1 saturated heterocycles. The molecule has 1 aliphatic rings. The number of hydrogen-bond donors (Lipinski definition) is 0. The van der Waals surface area contributed by atoms with E-state index in [0.29, 0.717) is 44.3 Å². The zero-order valence-electron chi connectivity index (χ0n) is 16.6. The fourth-order valence-electron chi connectivity index (χ4n) is 3.29. The third kappa shape index (κ3) is 5.35. The number of nitrogens with zero attached hydrogens (tertiary/aromatic N) is 2. The van der Waals surface area contributed by atoms with Crippen LogP contribution in [-0.4, -0.2) is 54.4 Å². The van der Waals surface area contributed by atoms with Gasteiger partial charge < -0.3 is 14.5 Å². The van der Waals surface area contributed by atoms with Crippen molar-refractivity contribution in [3.05, 3.63) is 54.6 Å². The van der Waals surface area contributed by atoms with Gasteiger partial charge in [0.1, 0.15) is 5.75 Å². The lowest BCUT2D eigenvalue weighted by Gasteiger charge is -2.35. The number of amides is 2. The van der Waals surface area contributed by atoms with Crippen LogP contribution in [0.4, 0.5) is 0 Å². The van der Waals surface area contributed by atoms with Crippen molar-refractivity contribution in [1.29, 1.82) is 0 Å². The molecule has 5 nitrogen and oxygen atoms in total. The maximum absolute atomic E-state index is 12.4. The first-order valence-electron chi connectivity index (χ1n) is 9.87. The van der Waals surface area contributed by atoms with Crippen molar-refractivity contribution in [3.63, 3.8) is 0 Å². The number of rotatable bonds is 6. The number of carbonyl (C=O) groups is 2. The number of ether oxygens (including phenoxy) is 1. The van der Waals surface area contributed by atoms with Crippen LogP contribution in [0.25, 0.3) is 11.1 Å². The second-order valence-corrected chi connectivity index (χ2v) is 7.54. The van der Waals surface area contributed by atoms with Crippen LogP contribution in [0, 0.1) is 5.92 Å². The predicted octanol–water partition coefficient (Wildman–Crippen LogP) is 3.45. The SMILES string of the molecule is CC(C)CC(=O)N1CCN(C(=O)COc2ccc(-c3ccccc3)cc2)CC1. The minimum atomic E-state index is -0.0388. The molecule has 0 unspecified atom stereocenters. The van der Waals surface area contributed by atoms with Gasteiger partial charge in [-0.2, -0.15) is 0 Å². The van der Waals surface area contributed by atoms with Crippen molar-refractivity contribution in [2.45, 2.75) is 20.3 Å². The monoisotopic (exact) mass is 380 g/mol. The lowest BCUT2D eigenvalue weighted by Crippen LogP contribution is -2.51. The Hall–Kier alpha value is -2.82. The maximum Gasteiger partial charge on any atom is 0.260 e. The molecule has 0 aromatic heterocycles. The minimum absolute atomic E-state index is 0.0185. The molecular formula is C23H28N2O3. The normalized spacial score (nSPS) is 14.2. The van der Waals surface area contributed by atoms with Crippen LogP contribution in [0.2, 0.25) is 0 Å². The standard InChI is InChI=1S/C23H28N2O3/c1-18(2)16-22(26)24-12-14-25(15-13-24)23(27)17-28-21-10-8-20(9-11-21)19-6-4-3-5-7-19/h3-11,18H,12-17H2,1-2H3. The van der Waals surface area contributed by atoms with Crippen LogP contribution in [-0.2, 0) is 9.59 Å². The molecule has 28 heavy (non-hydrogen) atoms. The van der Waals surface area contributed by atoms with E-state index in [4.69, 9.17) is 4.74 Å². The molecule has 1 heterocycles. The van der Waals surface area contributed by atoms with Gasteiger partial charge in [-0.25, -0.2) is 0 Å². The molecule has 2 aromatic rings. The highest BCUT2D eigenvalue weighted by Crippen LogP contribution is 2.22. The Morgan fingerprint density at radius 2 is 1.36 bits per heavy atom. The van der Waals surface area contributed by atoms with E-state index in [1.54, 1.807) is 4.90 Å². The third-order valence-electron chi connectivity index (χ3n) is 4.89. The Labute approximate surface area is 166 Å². The van der Waals surface area contributed by atoms with Gasteiger partial charge in [0, 0.05) is 32.6 Å². The van der Waals surface area contributed by atoms with Crippen molar-refractivity contribution in [1.82, 2.24) is 9.80 Å². The number of benzene rings is 2.